The first-order valence-electron chi connectivity index (χ1n) is 7.74. The molecular weight excluding hydrogens is 307 g/mol. The van der Waals surface area contributed by atoms with E-state index >= 15 is 0 Å². The van der Waals surface area contributed by atoms with Crippen LogP contribution in [0.2, 0.25) is 0 Å². The van der Waals surface area contributed by atoms with E-state index in [1.165, 1.54) is 6.07 Å². The molecule has 2 aromatic rings. The summed E-state index contributed by atoms with van der Waals surface area (Å²) in [5.74, 6) is -0.729. The summed E-state index contributed by atoms with van der Waals surface area (Å²) in [4.78, 5) is 11.4. The number of rotatable bonds is 6. The number of esters is 1. The van der Waals surface area contributed by atoms with Gasteiger partial charge in [-0.3, -0.25) is 0 Å². The van der Waals surface area contributed by atoms with Crippen LogP contribution in [-0.2, 0) is 22.6 Å². The fourth-order valence-electron chi connectivity index (χ4n) is 2.41. The number of aliphatic hydroxyl groups excluding tert-OH is 1. The maximum Gasteiger partial charge on any atom is 0.333 e. The SMILES string of the molecule is C=C(C)C(=O)OCCc1cc(-c2ccc(C)cc2F)ccc1CO. The lowest BCUT2D eigenvalue weighted by molar-refractivity contribution is -0.138. The molecule has 0 aliphatic heterocycles. The number of hydrogen-bond acceptors (Lipinski definition) is 3. The molecule has 0 aliphatic rings. The van der Waals surface area contributed by atoms with Gasteiger partial charge in [-0.1, -0.05) is 36.9 Å². The molecule has 0 spiro atoms. The van der Waals surface area contributed by atoms with Crippen molar-refractivity contribution < 1.29 is 19.0 Å². The first-order valence-corrected chi connectivity index (χ1v) is 7.74. The topological polar surface area (TPSA) is 46.5 Å². The van der Waals surface area contributed by atoms with Crippen LogP contribution >= 0.6 is 0 Å². The maximum absolute atomic E-state index is 14.2. The Morgan fingerprint density at radius 3 is 2.58 bits per heavy atom. The molecular formula is C20H21FO3. The zero-order chi connectivity index (χ0) is 17.7. The summed E-state index contributed by atoms with van der Waals surface area (Å²) in [6.07, 6.45) is 0.441. The van der Waals surface area contributed by atoms with Gasteiger partial charge >= 0.3 is 5.97 Å². The van der Waals surface area contributed by atoms with Crippen molar-refractivity contribution in [3.05, 3.63) is 71.1 Å². The number of ether oxygens (including phenoxy) is 1. The van der Waals surface area contributed by atoms with Crippen LogP contribution < -0.4 is 0 Å². The van der Waals surface area contributed by atoms with Gasteiger partial charge in [0.05, 0.1) is 13.2 Å². The Kier molecular flexibility index (Phi) is 5.88. The van der Waals surface area contributed by atoms with Gasteiger partial charge in [-0.05, 0) is 42.2 Å². The molecule has 0 unspecified atom stereocenters. The second-order valence-corrected chi connectivity index (χ2v) is 5.79. The summed E-state index contributed by atoms with van der Waals surface area (Å²) in [5.41, 5.74) is 3.99. The van der Waals surface area contributed by atoms with Crippen molar-refractivity contribution in [3.63, 3.8) is 0 Å². The van der Waals surface area contributed by atoms with E-state index in [-0.39, 0.29) is 19.0 Å². The van der Waals surface area contributed by atoms with E-state index in [4.69, 9.17) is 4.74 Å². The molecule has 2 aromatic carbocycles. The van der Waals surface area contributed by atoms with Crippen LogP contribution in [0.15, 0.2) is 48.6 Å². The number of aliphatic hydroxyl groups is 1. The summed E-state index contributed by atoms with van der Waals surface area (Å²) in [6.45, 7) is 7.01. The van der Waals surface area contributed by atoms with Crippen molar-refractivity contribution in [2.45, 2.75) is 26.9 Å². The number of carbonyl (C=O) groups excluding carboxylic acids is 1. The van der Waals surface area contributed by atoms with Crippen molar-refractivity contribution in [2.24, 2.45) is 0 Å². The van der Waals surface area contributed by atoms with Gasteiger partial charge < -0.3 is 9.84 Å². The van der Waals surface area contributed by atoms with Crippen molar-refractivity contribution in [2.75, 3.05) is 6.61 Å². The molecule has 0 fully saturated rings. The van der Waals surface area contributed by atoms with E-state index in [0.717, 1.165) is 22.3 Å². The molecule has 0 heterocycles. The van der Waals surface area contributed by atoms with Crippen molar-refractivity contribution in [1.82, 2.24) is 0 Å². The summed E-state index contributed by atoms with van der Waals surface area (Å²) in [5, 5.41) is 9.47. The van der Waals surface area contributed by atoms with Gasteiger partial charge in [-0.15, -0.1) is 0 Å². The minimum Gasteiger partial charge on any atom is -0.462 e. The average Bonchev–Trinajstić information content (AvgIpc) is 2.54. The maximum atomic E-state index is 14.2. The van der Waals surface area contributed by atoms with Gasteiger partial charge in [0.1, 0.15) is 5.82 Å². The Morgan fingerprint density at radius 1 is 1.21 bits per heavy atom. The van der Waals surface area contributed by atoms with Gasteiger partial charge in [0, 0.05) is 17.6 Å². The molecule has 0 aromatic heterocycles. The fourth-order valence-corrected chi connectivity index (χ4v) is 2.41. The monoisotopic (exact) mass is 328 g/mol. The number of aryl methyl sites for hydroxylation is 1. The third-order valence-corrected chi connectivity index (χ3v) is 3.77. The highest BCUT2D eigenvalue weighted by molar-refractivity contribution is 5.86. The van der Waals surface area contributed by atoms with E-state index in [2.05, 4.69) is 6.58 Å². The third kappa shape index (κ3) is 4.30. The minimum absolute atomic E-state index is 0.125. The smallest absolute Gasteiger partial charge is 0.333 e. The molecule has 3 nitrogen and oxygen atoms in total. The molecule has 0 atom stereocenters. The van der Waals surface area contributed by atoms with E-state index in [0.29, 0.717) is 17.6 Å². The summed E-state index contributed by atoms with van der Waals surface area (Å²) >= 11 is 0. The van der Waals surface area contributed by atoms with Crippen LogP contribution in [0, 0.1) is 12.7 Å². The quantitative estimate of drug-likeness (QED) is 0.645. The third-order valence-electron chi connectivity index (χ3n) is 3.77. The predicted octanol–water partition coefficient (Wildman–Crippen LogP) is 3.96. The summed E-state index contributed by atoms with van der Waals surface area (Å²) < 4.78 is 19.3. The second-order valence-electron chi connectivity index (χ2n) is 5.79. The van der Waals surface area contributed by atoms with Crippen LogP contribution in [0.5, 0.6) is 0 Å². The molecule has 0 saturated carbocycles. The van der Waals surface area contributed by atoms with E-state index in [1.807, 2.05) is 19.1 Å². The van der Waals surface area contributed by atoms with Gasteiger partial charge in [0.25, 0.3) is 0 Å². The van der Waals surface area contributed by atoms with Gasteiger partial charge in [-0.2, -0.15) is 0 Å². The Hall–Kier alpha value is -2.46. The lowest BCUT2D eigenvalue weighted by atomic mass is 9.97. The highest BCUT2D eigenvalue weighted by Gasteiger charge is 2.10. The minimum atomic E-state index is -0.443. The molecule has 4 heteroatoms. The molecule has 0 aliphatic carbocycles. The lowest BCUT2D eigenvalue weighted by Gasteiger charge is -2.12. The molecule has 2 rings (SSSR count). The largest absolute Gasteiger partial charge is 0.462 e. The Balaban J connectivity index is 2.24. The molecule has 24 heavy (non-hydrogen) atoms. The highest BCUT2D eigenvalue weighted by Crippen LogP contribution is 2.26. The fraction of sp³-hybridized carbons (Fsp3) is 0.250. The van der Waals surface area contributed by atoms with Crippen molar-refractivity contribution >= 4 is 5.97 Å². The predicted molar refractivity (Wildman–Crippen MR) is 92.0 cm³/mol. The lowest BCUT2D eigenvalue weighted by Crippen LogP contribution is -2.09. The molecule has 1 N–H and O–H groups in total. The molecule has 0 radical (unpaired) electrons. The van der Waals surface area contributed by atoms with Crippen LogP contribution in [0.25, 0.3) is 11.1 Å². The standard InChI is InChI=1S/C20H21FO3/c1-13(2)20(23)24-9-8-15-11-16(5-6-17(15)12-22)18-7-4-14(3)10-19(18)21/h4-7,10-11,22H,1,8-9,12H2,2-3H3. The first-order chi connectivity index (χ1) is 11.4. The summed E-state index contributed by atoms with van der Waals surface area (Å²) in [6, 6.07) is 10.5. The highest BCUT2D eigenvalue weighted by atomic mass is 19.1. The zero-order valence-electron chi connectivity index (χ0n) is 13.9. The van der Waals surface area contributed by atoms with Crippen LogP contribution in [0.3, 0.4) is 0 Å². The van der Waals surface area contributed by atoms with E-state index < -0.39 is 5.97 Å². The van der Waals surface area contributed by atoms with Gasteiger partial charge in [0.15, 0.2) is 0 Å². The number of carbonyl (C=O) groups is 1. The molecule has 126 valence electrons. The van der Waals surface area contributed by atoms with Crippen LogP contribution in [0.1, 0.15) is 23.6 Å². The van der Waals surface area contributed by atoms with Gasteiger partial charge in [-0.25, -0.2) is 9.18 Å². The number of benzene rings is 2. The number of halogens is 1. The van der Waals surface area contributed by atoms with Crippen LogP contribution in [-0.4, -0.2) is 17.7 Å². The Bertz CT molecular complexity index is 765. The van der Waals surface area contributed by atoms with Crippen molar-refractivity contribution in [1.29, 1.82) is 0 Å². The Morgan fingerprint density at radius 2 is 1.96 bits per heavy atom. The van der Waals surface area contributed by atoms with E-state index in [9.17, 15) is 14.3 Å². The summed E-state index contributed by atoms with van der Waals surface area (Å²) in [7, 11) is 0. The first kappa shape index (κ1) is 17.9. The van der Waals surface area contributed by atoms with Gasteiger partial charge in [0.2, 0.25) is 0 Å². The zero-order valence-corrected chi connectivity index (χ0v) is 13.9. The van der Waals surface area contributed by atoms with E-state index in [1.54, 1.807) is 25.1 Å². The molecule has 0 saturated heterocycles. The van der Waals surface area contributed by atoms with Crippen molar-refractivity contribution in [3.8, 4) is 11.1 Å². The molecule has 0 bridgehead atoms. The average molecular weight is 328 g/mol. The molecule has 0 amide bonds. The number of hydrogen-bond donors (Lipinski definition) is 1. The Labute approximate surface area is 141 Å². The second kappa shape index (κ2) is 7.88. The normalized spacial score (nSPS) is 10.5. The van der Waals surface area contributed by atoms with Crippen LogP contribution in [0.4, 0.5) is 4.39 Å².